The summed E-state index contributed by atoms with van der Waals surface area (Å²) in [6.07, 6.45) is 0. The highest BCUT2D eigenvalue weighted by molar-refractivity contribution is 6.17. The van der Waals surface area contributed by atoms with Crippen molar-refractivity contribution < 1.29 is 0 Å². The number of benzene rings is 1. The van der Waals surface area contributed by atoms with Crippen LogP contribution < -0.4 is 17.0 Å². The van der Waals surface area contributed by atoms with Crippen molar-refractivity contribution in [3.05, 3.63) is 63.1 Å². The van der Waals surface area contributed by atoms with Crippen LogP contribution in [-0.2, 0) is 19.0 Å². The topological polar surface area (TPSA) is 99.3 Å². The second-order valence-corrected chi connectivity index (χ2v) is 5.23. The van der Waals surface area contributed by atoms with Gasteiger partial charge in [-0.2, -0.15) is 5.10 Å². The smallest absolute Gasteiger partial charge is 0.267 e. The molecular weight excluding hydrogens is 337 g/mol. The van der Waals surface area contributed by atoms with Gasteiger partial charge in [-0.15, -0.1) is 24.0 Å². The molecule has 124 valence electrons. The Bertz CT molecular complexity index is 737. The molecule has 2 aromatic rings. The number of aromatic nitrogens is 2. The number of nitrogens with two attached hydrogens (primary N) is 2. The fourth-order valence-corrected chi connectivity index (χ4v) is 2.14. The molecule has 0 spiro atoms. The standard InChI is InChI=1S/C15H18ClN5O.ClH/c1-10-6-14(22)21(20-13(10)8-19-15(17)18)9-12-4-2-11(7-16)3-5-12;/h2-6H,7-9H2,1H3,(H4,17,18,19);1H. The van der Waals surface area contributed by atoms with Crippen LogP contribution in [-0.4, -0.2) is 15.7 Å². The Labute approximate surface area is 145 Å². The Kier molecular flexibility index (Phi) is 7.06. The Morgan fingerprint density at radius 2 is 1.87 bits per heavy atom. The molecule has 0 amide bonds. The normalized spacial score (nSPS) is 10.0. The summed E-state index contributed by atoms with van der Waals surface area (Å²) in [5.41, 5.74) is 13.9. The van der Waals surface area contributed by atoms with Crippen LogP contribution in [0.25, 0.3) is 0 Å². The van der Waals surface area contributed by atoms with E-state index in [0.717, 1.165) is 16.7 Å². The molecule has 1 heterocycles. The van der Waals surface area contributed by atoms with Gasteiger partial charge in [0.15, 0.2) is 5.96 Å². The lowest BCUT2D eigenvalue weighted by atomic mass is 10.1. The summed E-state index contributed by atoms with van der Waals surface area (Å²) in [7, 11) is 0. The molecule has 0 radical (unpaired) electrons. The average molecular weight is 356 g/mol. The van der Waals surface area contributed by atoms with Gasteiger partial charge in [-0.05, 0) is 23.6 Å². The summed E-state index contributed by atoms with van der Waals surface area (Å²) in [5.74, 6) is 0.460. The third-order valence-electron chi connectivity index (χ3n) is 3.21. The first-order valence-electron chi connectivity index (χ1n) is 6.76. The molecule has 0 fully saturated rings. The van der Waals surface area contributed by atoms with Gasteiger partial charge < -0.3 is 11.5 Å². The quantitative estimate of drug-likeness (QED) is 0.482. The Hall–Kier alpha value is -2.05. The van der Waals surface area contributed by atoms with E-state index in [1.54, 1.807) is 0 Å². The predicted octanol–water partition coefficient (Wildman–Crippen LogP) is 1.53. The molecule has 0 atom stereocenters. The predicted molar refractivity (Wildman–Crippen MR) is 95.1 cm³/mol. The van der Waals surface area contributed by atoms with E-state index in [0.29, 0.717) is 18.1 Å². The molecule has 2 rings (SSSR count). The zero-order chi connectivity index (χ0) is 16.1. The molecule has 8 heteroatoms. The summed E-state index contributed by atoms with van der Waals surface area (Å²) in [5, 5.41) is 4.34. The van der Waals surface area contributed by atoms with E-state index in [4.69, 9.17) is 23.1 Å². The summed E-state index contributed by atoms with van der Waals surface area (Å²) >= 11 is 5.76. The highest BCUT2D eigenvalue weighted by Crippen LogP contribution is 2.08. The van der Waals surface area contributed by atoms with E-state index >= 15 is 0 Å². The van der Waals surface area contributed by atoms with E-state index in [1.807, 2.05) is 31.2 Å². The van der Waals surface area contributed by atoms with Gasteiger partial charge in [-0.1, -0.05) is 24.3 Å². The number of nitrogens with zero attached hydrogens (tertiary/aromatic N) is 3. The van der Waals surface area contributed by atoms with E-state index in [2.05, 4.69) is 10.1 Å². The Morgan fingerprint density at radius 1 is 1.26 bits per heavy atom. The zero-order valence-electron chi connectivity index (χ0n) is 12.7. The molecule has 0 saturated carbocycles. The van der Waals surface area contributed by atoms with Crippen molar-refractivity contribution in [1.29, 1.82) is 0 Å². The summed E-state index contributed by atoms with van der Waals surface area (Å²) in [4.78, 5) is 16.0. The Balaban J connectivity index is 0.00000264. The molecule has 0 aliphatic heterocycles. The van der Waals surface area contributed by atoms with Gasteiger partial charge >= 0.3 is 0 Å². The lowest BCUT2D eigenvalue weighted by Crippen LogP contribution is -2.26. The zero-order valence-corrected chi connectivity index (χ0v) is 14.3. The van der Waals surface area contributed by atoms with Crippen LogP contribution in [0.4, 0.5) is 0 Å². The number of aryl methyl sites for hydroxylation is 1. The van der Waals surface area contributed by atoms with Gasteiger partial charge in [0.1, 0.15) is 0 Å². The van der Waals surface area contributed by atoms with Crippen molar-refractivity contribution in [2.24, 2.45) is 16.5 Å². The molecule has 6 nitrogen and oxygen atoms in total. The molecule has 0 bridgehead atoms. The van der Waals surface area contributed by atoms with Crippen LogP contribution >= 0.6 is 24.0 Å². The first kappa shape index (κ1) is 19.0. The van der Waals surface area contributed by atoms with Gasteiger partial charge in [-0.3, -0.25) is 4.79 Å². The van der Waals surface area contributed by atoms with Crippen molar-refractivity contribution in [3.8, 4) is 0 Å². The third kappa shape index (κ3) is 5.26. The van der Waals surface area contributed by atoms with E-state index < -0.39 is 0 Å². The third-order valence-corrected chi connectivity index (χ3v) is 3.52. The molecule has 0 unspecified atom stereocenters. The Morgan fingerprint density at radius 3 is 2.43 bits per heavy atom. The fourth-order valence-electron chi connectivity index (χ4n) is 1.96. The minimum atomic E-state index is -0.160. The van der Waals surface area contributed by atoms with Gasteiger partial charge in [0, 0.05) is 11.9 Å². The largest absolute Gasteiger partial charge is 0.370 e. The summed E-state index contributed by atoms with van der Waals surface area (Å²) < 4.78 is 1.40. The van der Waals surface area contributed by atoms with Gasteiger partial charge in [0.2, 0.25) is 0 Å². The minimum absolute atomic E-state index is 0. The van der Waals surface area contributed by atoms with Crippen LogP contribution in [0.5, 0.6) is 0 Å². The highest BCUT2D eigenvalue weighted by atomic mass is 35.5. The minimum Gasteiger partial charge on any atom is -0.370 e. The SMILES string of the molecule is Cc1cc(=O)n(Cc2ccc(CCl)cc2)nc1CN=C(N)N.Cl. The maximum Gasteiger partial charge on any atom is 0.267 e. The maximum absolute atomic E-state index is 12.1. The first-order chi connectivity index (χ1) is 10.5. The van der Waals surface area contributed by atoms with E-state index in [-0.39, 0.29) is 30.5 Å². The lowest BCUT2D eigenvalue weighted by Gasteiger charge is -2.09. The van der Waals surface area contributed by atoms with Crippen LogP contribution in [0, 0.1) is 6.92 Å². The number of rotatable bonds is 5. The number of hydrogen-bond acceptors (Lipinski definition) is 3. The van der Waals surface area contributed by atoms with Crippen LogP contribution in [0.3, 0.4) is 0 Å². The molecule has 0 aliphatic rings. The lowest BCUT2D eigenvalue weighted by molar-refractivity contribution is 0.615. The van der Waals surface area contributed by atoms with Crippen molar-refractivity contribution in [3.63, 3.8) is 0 Å². The van der Waals surface area contributed by atoms with E-state index in [1.165, 1.54) is 10.7 Å². The second-order valence-electron chi connectivity index (χ2n) is 4.96. The van der Waals surface area contributed by atoms with E-state index in [9.17, 15) is 4.79 Å². The van der Waals surface area contributed by atoms with Crippen molar-refractivity contribution >= 4 is 30.0 Å². The second kappa shape index (κ2) is 8.55. The average Bonchev–Trinajstić information content (AvgIpc) is 2.49. The van der Waals surface area contributed by atoms with Crippen LogP contribution in [0.15, 0.2) is 40.1 Å². The molecule has 23 heavy (non-hydrogen) atoms. The van der Waals surface area contributed by atoms with Crippen LogP contribution in [0.2, 0.25) is 0 Å². The number of hydrogen-bond donors (Lipinski definition) is 2. The summed E-state index contributed by atoms with van der Waals surface area (Å²) in [6, 6.07) is 9.27. The molecule has 0 saturated heterocycles. The van der Waals surface area contributed by atoms with Gasteiger partial charge in [-0.25, -0.2) is 9.67 Å². The van der Waals surface area contributed by atoms with Gasteiger partial charge in [0.05, 0.1) is 18.8 Å². The summed E-state index contributed by atoms with van der Waals surface area (Å²) in [6.45, 7) is 2.45. The monoisotopic (exact) mass is 355 g/mol. The number of guanidine groups is 1. The molecule has 0 aliphatic carbocycles. The van der Waals surface area contributed by atoms with Crippen molar-refractivity contribution in [2.45, 2.75) is 25.9 Å². The van der Waals surface area contributed by atoms with Gasteiger partial charge in [0.25, 0.3) is 5.56 Å². The maximum atomic E-state index is 12.1. The number of aliphatic imine (C=N–C) groups is 1. The molecule has 1 aromatic heterocycles. The molecular formula is C15H19Cl2N5O. The van der Waals surface area contributed by atoms with Crippen LogP contribution in [0.1, 0.15) is 22.4 Å². The number of halogens is 2. The van der Waals surface area contributed by atoms with Crippen molar-refractivity contribution in [2.75, 3.05) is 0 Å². The molecule has 4 N–H and O–H groups in total. The highest BCUT2D eigenvalue weighted by Gasteiger charge is 2.06. The number of alkyl halides is 1. The van der Waals surface area contributed by atoms with Crippen molar-refractivity contribution in [1.82, 2.24) is 9.78 Å². The molecule has 1 aromatic carbocycles. The first-order valence-corrected chi connectivity index (χ1v) is 7.30. The fraction of sp³-hybridized carbons (Fsp3) is 0.267.